The molecule has 106 valence electrons. The van der Waals surface area contributed by atoms with Gasteiger partial charge in [0.05, 0.1) is 0 Å². The first-order valence-corrected chi connectivity index (χ1v) is 8.11. The average molecular weight is 283 g/mol. The lowest BCUT2D eigenvalue weighted by molar-refractivity contribution is 0.405. The van der Waals surface area contributed by atoms with Crippen LogP contribution < -0.4 is 5.32 Å². The molecule has 1 aromatic rings. The number of anilines is 1. The Morgan fingerprint density at radius 3 is 2.79 bits per heavy atom. The molecular formula is C13H21N3O2S. The fraction of sp³-hybridized carbons (Fsp3) is 0.615. The van der Waals surface area contributed by atoms with Gasteiger partial charge in [-0.15, -0.1) is 0 Å². The summed E-state index contributed by atoms with van der Waals surface area (Å²) in [5, 5.41) is 3.01. The highest BCUT2D eigenvalue weighted by molar-refractivity contribution is 7.89. The molecule has 2 atom stereocenters. The monoisotopic (exact) mass is 283 g/mol. The van der Waals surface area contributed by atoms with E-state index in [-0.39, 0.29) is 10.9 Å². The quantitative estimate of drug-likeness (QED) is 0.917. The Kier molecular flexibility index (Phi) is 4.10. The van der Waals surface area contributed by atoms with Crippen molar-refractivity contribution in [1.82, 2.24) is 9.29 Å². The number of pyridine rings is 1. The molecule has 1 aliphatic heterocycles. The molecule has 1 saturated heterocycles. The molecule has 1 N–H and O–H groups in total. The SMILES string of the molecule is CCNc1ncccc1S(=O)(=O)N1CC(C)CC1C. The standard InChI is InChI=1S/C13H21N3O2S/c1-4-14-13-12(6-5-7-15-13)19(17,18)16-9-10(2)8-11(16)3/h5-7,10-11H,4,8-9H2,1-3H3,(H,14,15). The van der Waals surface area contributed by atoms with Crippen molar-refractivity contribution in [2.24, 2.45) is 5.92 Å². The van der Waals surface area contributed by atoms with Gasteiger partial charge in [-0.05, 0) is 38.3 Å². The number of aromatic nitrogens is 1. The van der Waals surface area contributed by atoms with Crippen LogP contribution >= 0.6 is 0 Å². The zero-order valence-electron chi connectivity index (χ0n) is 11.6. The maximum atomic E-state index is 12.7. The summed E-state index contributed by atoms with van der Waals surface area (Å²) in [5.74, 6) is 0.848. The van der Waals surface area contributed by atoms with Crippen molar-refractivity contribution >= 4 is 15.8 Å². The maximum Gasteiger partial charge on any atom is 0.246 e. The lowest BCUT2D eigenvalue weighted by Crippen LogP contribution is -2.34. The molecular weight excluding hydrogens is 262 g/mol. The van der Waals surface area contributed by atoms with Gasteiger partial charge >= 0.3 is 0 Å². The Labute approximate surface area is 115 Å². The fourth-order valence-corrected chi connectivity index (χ4v) is 4.50. The average Bonchev–Trinajstić information content (AvgIpc) is 2.70. The second kappa shape index (κ2) is 5.46. The van der Waals surface area contributed by atoms with Gasteiger partial charge in [0.2, 0.25) is 10.0 Å². The van der Waals surface area contributed by atoms with Gasteiger partial charge in [-0.1, -0.05) is 6.92 Å². The molecule has 1 aliphatic rings. The number of nitrogens with one attached hydrogen (secondary N) is 1. The van der Waals surface area contributed by atoms with Crippen LogP contribution in [0.1, 0.15) is 27.2 Å². The second-order valence-electron chi connectivity index (χ2n) is 5.15. The van der Waals surface area contributed by atoms with Crippen LogP contribution in [0.4, 0.5) is 5.82 Å². The number of rotatable bonds is 4. The van der Waals surface area contributed by atoms with Crippen molar-refractivity contribution in [3.8, 4) is 0 Å². The molecule has 0 amide bonds. The molecule has 0 aliphatic carbocycles. The minimum absolute atomic E-state index is 0.0506. The van der Waals surface area contributed by atoms with Gasteiger partial charge in [0.25, 0.3) is 0 Å². The van der Waals surface area contributed by atoms with E-state index < -0.39 is 10.0 Å². The van der Waals surface area contributed by atoms with Crippen LogP contribution in [0.2, 0.25) is 0 Å². The van der Waals surface area contributed by atoms with Crippen LogP contribution in [-0.2, 0) is 10.0 Å². The van der Waals surface area contributed by atoms with Crippen molar-refractivity contribution in [3.05, 3.63) is 18.3 Å². The third-order valence-electron chi connectivity index (χ3n) is 3.43. The topological polar surface area (TPSA) is 62.3 Å². The van der Waals surface area contributed by atoms with Crippen molar-refractivity contribution in [1.29, 1.82) is 0 Å². The molecule has 0 saturated carbocycles. The highest BCUT2D eigenvalue weighted by atomic mass is 32.2. The summed E-state index contributed by atoms with van der Waals surface area (Å²) < 4.78 is 27.1. The molecule has 0 spiro atoms. The summed E-state index contributed by atoms with van der Waals surface area (Å²) in [6.07, 6.45) is 2.52. The molecule has 2 rings (SSSR count). The zero-order chi connectivity index (χ0) is 14.0. The third-order valence-corrected chi connectivity index (χ3v) is 5.44. The summed E-state index contributed by atoms with van der Waals surface area (Å²) in [6.45, 7) is 7.20. The van der Waals surface area contributed by atoms with E-state index in [9.17, 15) is 8.42 Å². The molecule has 2 heterocycles. The van der Waals surface area contributed by atoms with E-state index in [0.717, 1.165) is 6.42 Å². The molecule has 1 aromatic heterocycles. The van der Waals surface area contributed by atoms with E-state index in [1.807, 2.05) is 13.8 Å². The number of hydrogen-bond donors (Lipinski definition) is 1. The fourth-order valence-electron chi connectivity index (χ4n) is 2.62. The summed E-state index contributed by atoms with van der Waals surface area (Å²) in [6, 6.07) is 3.34. The molecule has 5 nitrogen and oxygen atoms in total. The van der Waals surface area contributed by atoms with E-state index in [4.69, 9.17) is 0 Å². The van der Waals surface area contributed by atoms with E-state index >= 15 is 0 Å². The van der Waals surface area contributed by atoms with Crippen molar-refractivity contribution in [3.63, 3.8) is 0 Å². The van der Waals surface area contributed by atoms with Crippen molar-refractivity contribution in [2.75, 3.05) is 18.4 Å². The Hall–Kier alpha value is -1.14. The minimum atomic E-state index is -3.47. The van der Waals surface area contributed by atoms with Crippen LogP contribution in [-0.4, -0.2) is 36.8 Å². The Morgan fingerprint density at radius 2 is 2.21 bits per heavy atom. The van der Waals surface area contributed by atoms with Gasteiger partial charge in [0.1, 0.15) is 10.7 Å². The van der Waals surface area contributed by atoms with Gasteiger partial charge in [0.15, 0.2) is 0 Å². The van der Waals surface area contributed by atoms with Crippen molar-refractivity contribution in [2.45, 2.75) is 38.1 Å². The molecule has 2 unspecified atom stereocenters. The smallest absolute Gasteiger partial charge is 0.246 e. The molecule has 0 aromatic carbocycles. The largest absolute Gasteiger partial charge is 0.369 e. The van der Waals surface area contributed by atoms with Crippen LogP contribution in [0.3, 0.4) is 0 Å². The van der Waals surface area contributed by atoms with Crippen LogP contribution in [0.15, 0.2) is 23.2 Å². The van der Waals surface area contributed by atoms with Crippen molar-refractivity contribution < 1.29 is 8.42 Å². The van der Waals surface area contributed by atoms with Gasteiger partial charge in [-0.3, -0.25) is 0 Å². The Morgan fingerprint density at radius 1 is 1.47 bits per heavy atom. The summed E-state index contributed by atoms with van der Waals surface area (Å²) in [4.78, 5) is 4.41. The highest BCUT2D eigenvalue weighted by Crippen LogP contribution is 2.31. The Balaban J connectivity index is 2.40. The predicted octanol–water partition coefficient (Wildman–Crippen LogP) is 1.93. The van der Waals surface area contributed by atoms with Gasteiger partial charge in [0, 0.05) is 25.3 Å². The number of sulfonamides is 1. The van der Waals surface area contributed by atoms with Gasteiger partial charge in [-0.2, -0.15) is 4.31 Å². The molecule has 1 fully saturated rings. The molecule has 19 heavy (non-hydrogen) atoms. The lowest BCUT2D eigenvalue weighted by Gasteiger charge is -2.22. The van der Waals surface area contributed by atoms with Gasteiger partial charge in [-0.25, -0.2) is 13.4 Å². The maximum absolute atomic E-state index is 12.7. The molecule has 6 heteroatoms. The zero-order valence-corrected chi connectivity index (χ0v) is 12.4. The summed E-state index contributed by atoms with van der Waals surface area (Å²) in [7, 11) is -3.47. The third kappa shape index (κ3) is 2.74. The number of nitrogens with zero attached hydrogens (tertiary/aromatic N) is 2. The van der Waals surface area contributed by atoms with E-state index in [1.165, 1.54) is 0 Å². The van der Waals surface area contributed by atoms with E-state index in [2.05, 4.69) is 17.2 Å². The normalized spacial score (nSPS) is 24.6. The first-order valence-electron chi connectivity index (χ1n) is 6.67. The van der Waals surface area contributed by atoms with E-state index in [1.54, 1.807) is 22.6 Å². The first kappa shape index (κ1) is 14.3. The highest BCUT2D eigenvalue weighted by Gasteiger charge is 2.37. The van der Waals surface area contributed by atoms with Crippen LogP contribution in [0, 0.1) is 5.92 Å². The number of hydrogen-bond acceptors (Lipinski definition) is 4. The van der Waals surface area contributed by atoms with Crippen LogP contribution in [0.25, 0.3) is 0 Å². The minimum Gasteiger partial charge on any atom is -0.369 e. The summed E-state index contributed by atoms with van der Waals surface area (Å²) >= 11 is 0. The summed E-state index contributed by atoms with van der Waals surface area (Å²) in [5.41, 5.74) is 0. The van der Waals surface area contributed by atoms with Crippen LogP contribution in [0.5, 0.6) is 0 Å². The predicted molar refractivity (Wildman–Crippen MR) is 75.5 cm³/mol. The first-order chi connectivity index (χ1) is 8.96. The molecule has 0 radical (unpaired) electrons. The Bertz CT molecular complexity index is 545. The molecule has 0 bridgehead atoms. The second-order valence-corrected chi connectivity index (χ2v) is 7.00. The van der Waals surface area contributed by atoms with E-state index in [0.29, 0.717) is 24.8 Å². The lowest BCUT2D eigenvalue weighted by atomic mass is 10.1. The van der Waals surface area contributed by atoms with Gasteiger partial charge < -0.3 is 5.32 Å².